The normalized spacial score (nSPS) is 11.3. The van der Waals surface area contributed by atoms with Gasteiger partial charge in [0.1, 0.15) is 5.76 Å². The molecule has 0 amide bonds. The predicted molar refractivity (Wildman–Crippen MR) is 80.1 cm³/mol. The van der Waals surface area contributed by atoms with Gasteiger partial charge in [0.15, 0.2) is 0 Å². The van der Waals surface area contributed by atoms with Gasteiger partial charge in [0, 0.05) is 9.13 Å². The molecular formula is C12H16IO4P. The Morgan fingerprint density at radius 2 is 1.72 bits per heavy atom. The van der Waals surface area contributed by atoms with E-state index >= 15 is 0 Å². The summed E-state index contributed by atoms with van der Waals surface area (Å²) in [5.74, 6) is 0.275. The summed E-state index contributed by atoms with van der Waals surface area (Å²) >= 11 is 2.20. The van der Waals surface area contributed by atoms with E-state index in [0.717, 1.165) is 9.13 Å². The van der Waals surface area contributed by atoms with Gasteiger partial charge in [-0.2, -0.15) is 0 Å². The lowest BCUT2D eigenvalue weighted by Gasteiger charge is -2.18. The number of hydrogen-bond acceptors (Lipinski definition) is 4. The largest absolute Gasteiger partial charge is 0.530 e. The van der Waals surface area contributed by atoms with Crippen LogP contribution in [0.25, 0.3) is 5.76 Å². The van der Waals surface area contributed by atoms with Crippen molar-refractivity contribution in [2.45, 2.75) is 13.8 Å². The second kappa shape index (κ2) is 7.28. The van der Waals surface area contributed by atoms with Crippen molar-refractivity contribution in [1.82, 2.24) is 0 Å². The summed E-state index contributed by atoms with van der Waals surface area (Å²) in [6.45, 7) is 7.69. The molecule has 0 spiro atoms. The highest BCUT2D eigenvalue weighted by molar-refractivity contribution is 14.1. The fraction of sp³-hybridized carbons (Fsp3) is 0.333. The first-order valence-corrected chi connectivity index (χ1v) is 8.08. The van der Waals surface area contributed by atoms with E-state index in [2.05, 4.69) is 29.2 Å². The van der Waals surface area contributed by atoms with Crippen molar-refractivity contribution in [3.8, 4) is 0 Å². The zero-order chi connectivity index (χ0) is 13.6. The van der Waals surface area contributed by atoms with Crippen LogP contribution >= 0.6 is 30.4 Å². The van der Waals surface area contributed by atoms with E-state index in [1.54, 1.807) is 13.8 Å². The van der Waals surface area contributed by atoms with E-state index in [0.29, 0.717) is 0 Å². The molecular weight excluding hydrogens is 366 g/mol. The molecule has 1 rings (SSSR count). The van der Waals surface area contributed by atoms with E-state index in [-0.39, 0.29) is 19.0 Å². The van der Waals surface area contributed by atoms with E-state index in [1.807, 2.05) is 24.3 Å². The molecule has 18 heavy (non-hydrogen) atoms. The highest BCUT2D eigenvalue weighted by Gasteiger charge is 2.28. The Labute approximate surface area is 121 Å². The smallest absolute Gasteiger partial charge is 0.404 e. The highest BCUT2D eigenvalue weighted by atomic mass is 127. The van der Waals surface area contributed by atoms with Gasteiger partial charge in [-0.1, -0.05) is 18.7 Å². The molecule has 0 radical (unpaired) electrons. The number of phosphoric acid groups is 1. The van der Waals surface area contributed by atoms with Crippen molar-refractivity contribution in [2.75, 3.05) is 13.2 Å². The average Bonchev–Trinajstić information content (AvgIpc) is 2.30. The van der Waals surface area contributed by atoms with Gasteiger partial charge < -0.3 is 4.52 Å². The Morgan fingerprint density at radius 1 is 1.22 bits per heavy atom. The van der Waals surface area contributed by atoms with E-state index < -0.39 is 7.82 Å². The number of hydrogen-bond donors (Lipinski definition) is 0. The van der Waals surface area contributed by atoms with Crippen LogP contribution in [-0.4, -0.2) is 13.2 Å². The molecule has 0 unspecified atom stereocenters. The summed E-state index contributed by atoms with van der Waals surface area (Å²) in [5.41, 5.74) is 0.745. The zero-order valence-corrected chi connectivity index (χ0v) is 13.4. The minimum atomic E-state index is -3.55. The lowest BCUT2D eigenvalue weighted by atomic mass is 10.2. The third kappa shape index (κ3) is 4.72. The van der Waals surface area contributed by atoms with Gasteiger partial charge in [0.05, 0.1) is 13.2 Å². The van der Waals surface area contributed by atoms with Crippen LogP contribution in [0.15, 0.2) is 30.8 Å². The van der Waals surface area contributed by atoms with Gasteiger partial charge in [-0.25, -0.2) is 4.57 Å². The van der Waals surface area contributed by atoms with Gasteiger partial charge in [-0.05, 0) is 48.6 Å². The molecule has 1 aromatic rings. The van der Waals surface area contributed by atoms with Crippen LogP contribution in [0.1, 0.15) is 19.4 Å². The minimum absolute atomic E-state index is 0.247. The third-order valence-electron chi connectivity index (χ3n) is 1.96. The molecule has 0 saturated heterocycles. The summed E-state index contributed by atoms with van der Waals surface area (Å²) in [6.07, 6.45) is 0. The maximum absolute atomic E-state index is 12.1. The van der Waals surface area contributed by atoms with Crippen molar-refractivity contribution in [3.63, 3.8) is 0 Å². The molecule has 4 nitrogen and oxygen atoms in total. The standard InChI is InChI=1S/C12H16IO4P/c1-4-15-18(14,16-5-2)17-10(3)11-6-8-12(13)9-7-11/h6-9H,3-5H2,1-2H3. The number of phosphoric ester groups is 1. The maximum atomic E-state index is 12.1. The molecule has 0 bridgehead atoms. The van der Waals surface area contributed by atoms with E-state index in [9.17, 15) is 4.57 Å². The van der Waals surface area contributed by atoms with Crippen LogP contribution < -0.4 is 0 Å². The lowest BCUT2D eigenvalue weighted by molar-refractivity contribution is 0.159. The fourth-order valence-corrected chi connectivity index (χ4v) is 2.78. The average molecular weight is 382 g/mol. The molecule has 0 saturated carbocycles. The number of rotatable bonds is 7. The first-order chi connectivity index (χ1) is 8.50. The molecule has 1 aromatic carbocycles. The van der Waals surface area contributed by atoms with Crippen molar-refractivity contribution in [3.05, 3.63) is 40.0 Å². The first kappa shape index (κ1) is 15.7. The second-order valence-electron chi connectivity index (χ2n) is 3.30. The van der Waals surface area contributed by atoms with Crippen LogP contribution in [0, 0.1) is 3.57 Å². The van der Waals surface area contributed by atoms with Crippen molar-refractivity contribution in [1.29, 1.82) is 0 Å². The Bertz CT molecular complexity index is 434. The molecule has 0 heterocycles. The first-order valence-electron chi connectivity index (χ1n) is 5.54. The van der Waals surface area contributed by atoms with Crippen molar-refractivity contribution in [2.24, 2.45) is 0 Å². The highest BCUT2D eigenvalue weighted by Crippen LogP contribution is 2.52. The monoisotopic (exact) mass is 382 g/mol. The Balaban J connectivity index is 2.78. The van der Waals surface area contributed by atoms with E-state index in [4.69, 9.17) is 13.6 Å². The molecule has 0 fully saturated rings. The van der Waals surface area contributed by atoms with Crippen molar-refractivity contribution >= 4 is 36.2 Å². The summed E-state index contributed by atoms with van der Waals surface area (Å²) in [5, 5.41) is 0. The molecule has 0 N–H and O–H groups in total. The number of halogens is 1. The van der Waals surface area contributed by atoms with Gasteiger partial charge in [-0.15, -0.1) is 0 Å². The number of benzene rings is 1. The molecule has 0 aliphatic carbocycles. The third-order valence-corrected chi connectivity index (χ3v) is 4.27. The molecule has 0 atom stereocenters. The topological polar surface area (TPSA) is 44.8 Å². The lowest BCUT2D eigenvalue weighted by Crippen LogP contribution is -1.99. The summed E-state index contributed by atoms with van der Waals surface area (Å²) in [6, 6.07) is 7.51. The molecule has 0 aliphatic heterocycles. The maximum Gasteiger partial charge on any atom is 0.530 e. The molecule has 0 aliphatic rings. The van der Waals surface area contributed by atoms with Gasteiger partial charge >= 0.3 is 7.82 Å². The van der Waals surface area contributed by atoms with Gasteiger partial charge in [-0.3, -0.25) is 9.05 Å². The summed E-state index contributed by atoms with van der Waals surface area (Å²) < 4.78 is 28.6. The quantitative estimate of drug-likeness (QED) is 0.397. The predicted octanol–water partition coefficient (Wildman–Crippen LogP) is 4.46. The SMILES string of the molecule is C=C(OP(=O)(OCC)OCC)c1ccc(I)cc1. The van der Waals surface area contributed by atoms with Crippen LogP contribution in [0.5, 0.6) is 0 Å². The van der Waals surface area contributed by atoms with Crippen LogP contribution in [-0.2, 0) is 18.1 Å². The molecule has 6 heteroatoms. The summed E-state index contributed by atoms with van der Waals surface area (Å²) in [4.78, 5) is 0. The fourth-order valence-electron chi connectivity index (χ4n) is 1.23. The Kier molecular flexibility index (Phi) is 6.35. The minimum Gasteiger partial charge on any atom is -0.404 e. The molecule has 100 valence electrons. The summed E-state index contributed by atoms with van der Waals surface area (Å²) in [7, 11) is -3.55. The van der Waals surface area contributed by atoms with Crippen LogP contribution in [0.4, 0.5) is 0 Å². The molecule has 0 aromatic heterocycles. The van der Waals surface area contributed by atoms with Gasteiger partial charge in [0.2, 0.25) is 0 Å². The Hall–Kier alpha value is -0.360. The van der Waals surface area contributed by atoms with E-state index in [1.165, 1.54) is 0 Å². The zero-order valence-electron chi connectivity index (χ0n) is 10.4. The van der Waals surface area contributed by atoms with Crippen LogP contribution in [0.3, 0.4) is 0 Å². The van der Waals surface area contributed by atoms with Crippen molar-refractivity contribution < 1.29 is 18.1 Å². The second-order valence-corrected chi connectivity index (χ2v) is 6.14. The Morgan fingerprint density at radius 3 is 2.17 bits per heavy atom. The van der Waals surface area contributed by atoms with Gasteiger partial charge in [0.25, 0.3) is 0 Å². The van der Waals surface area contributed by atoms with Crippen LogP contribution in [0.2, 0.25) is 0 Å².